The van der Waals surface area contributed by atoms with E-state index in [0.717, 1.165) is 41.5 Å². The molecule has 0 bridgehead atoms. The summed E-state index contributed by atoms with van der Waals surface area (Å²) in [6.07, 6.45) is 7.67. The maximum Gasteiger partial charge on any atom is 0.159 e. The Bertz CT molecular complexity index is 1070. The summed E-state index contributed by atoms with van der Waals surface area (Å²) in [6, 6.07) is 22.0. The third-order valence-electron chi connectivity index (χ3n) is 7.48. The van der Waals surface area contributed by atoms with E-state index in [1.807, 2.05) is 42.5 Å². The van der Waals surface area contributed by atoms with Crippen LogP contribution in [0.5, 0.6) is 0 Å². The number of halogens is 3. The first kappa shape index (κ1) is 24.8. The van der Waals surface area contributed by atoms with Crippen molar-refractivity contribution in [1.29, 1.82) is 0 Å². The molecule has 0 N–H and O–H groups in total. The molecule has 0 amide bonds. The smallest absolute Gasteiger partial charge is 0.159 e. The number of rotatable bonds is 9. The first-order valence-corrected chi connectivity index (χ1v) is 15.3. The second-order valence-corrected chi connectivity index (χ2v) is 13.3. The summed E-state index contributed by atoms with van der Waals surface area (Å²) < 4.78 is 42.1. The highest BCUT2D eigenvalue weighted by molar-refractivity contribution is 6.59. The molecule has 0 saturated carbocycles. The van der Waals surface area contributed by atoms with Crippen LogP contribution in [0.2, 0.25) is 18.1 Å². The Balaban J connectivity index is 1.39. The topological polar surface area (TPSA) is 0 Å². The summed E-state index contributed by atoms with van der Waals surface area (Å²) in [5, 5.41) is 0. The van der Waals surface area contributed by atoms with Crippen LogP contribution in [0.4, 0.5) is 13.2 Å². The van der Waals surface area contributed by atoms with Gasteiger partial charge in [0.1, 0.15) is 5.82 Å². The highest BCUT2D eigenvalue weighted by Gasteiger charge is 2.25. The van der Waals surface area contributed by atoms with Gasteiger partial charge in [0.05, 0.1) is 0 Å². The molecule has 0 unspecified atom stereocenters. The minimum absolute atomic E-state index is 0.0619. The lowest BCUT2D eigenvalue weighted by molar-refractivity contribution is 0.507. The minimum Gasteiger partial charge on any atom is -0.206 e. The van der Waals surface area contributed by atoms with E-state index in [-0.39, 0.29) is 5.82 Å². The zero-order valence-corrected chi connectivity index (χ0v) is 21.3. The molecule has 0 spiro atoms. The van der Waals surface area contributed by atoms with E-state index in [1.165, 1.54) is 49.5 Å². The molecule has 4 heteroatoms. The van der Waals surface area contributed by atoms with Crippen molar-refractivity contribution < 1.29 is 13.2 Å². The third kappa shape index (κ3) is 6.21. The number of unbranched alkanes of at least 4 members (excludes halogenated alkanes) is 2. The molecule has 1 heterocycles. The first-order valence-electron chi connectivity index (χ1n) is 12.9. The van der Waals surface area contributed by atoms with Gasteiger partial charge in [0.25, 0.3) is 0 Å². The van der Waals surface area contributed by atoms with Gasteiger partial charge < -0.3 is 0 Å². The van der Waals surface area contributed by atoms with Crippen molar-refractivity contribution in [2.24, 2.45) is 0 Å². The van der Waals surface area contributed by atoms with Crippen molar-refractivity contribution in [3.63, 3.8) is 0 Å². The molecule has 4 rings (SSSR count). The monoisotopic (exact) mass is 480 g/mol. The average molecular weight is 481 g/mol. The predicted molar refractivity (Wildman–Crippen MR) is 139 cm³/mol. The fourth-order valence-corrected chi connectivity index (χ4v) is 8.85. The van der Waals surface area contributed by atoms with E-state index in [1.54, 1.807) is 6.07 Å². The van der Waals surface area contributed by atoms with Crippen molar-refractivity contribution in [2.75, 3.05) is 0 Å². The zero-order valence-electron chi connectivity index (χ0n) is 20.1. The van der Waals surface area contributed by atoms with Gasteiger partial charge in [0.2, 0.25) is 0 Å². The van der Waals surface area contributed by atoms with Crippen LogP contribution in [-0.4, -0.2) is 8.80 Å². The summed E-state index contributed by atoms with van der Waals surface area (Å²) in [5.41, 5.74) is 4.31. The van der Waals surface area contributed by atoms with Crippen LogP contribution in [0, 0.1) is 17.5 Å². The van der Waals surface area contributed by atoms with Crippen molar-refractivity contribution in [3.8, 4) is 11.1 Å². The summed E-state index contributed by atoms with van der Waals surface area (Å²) in [7, 11) is -0.610. The fraction of sp³-hybridized carbons (Fsp3) is 0.400. The van der Waals surface area contributed by atoms with Gasteiger partial charge in [-0.15, -0.1) is 0 Å². The molecule has 1 saturated heterocycles. The molecule has 0 radical (unpaired) electrons. The van der Waals surface area contributed by atoms with Crippen LogP contribution in [0.1, 0.15) is 61.6 Å². The summed E-state index contributed by atoms with van der Waals surface area (Å²) in [6.45, 7) is 2.26. The highest BCUT2D eigenvalue weighted by Crippen LogP contribution is 2.38. The van der Waals surface area contributed by atoms with Crippen LogP contribution >= 0.6 is 0 Å². The Labute approximate surface area is 203 Å². The van der Waals surface area contributed by atoms with Crippen molar-refractivity contribution >= 4 is 8.80 Å². The molecule has 0 atom stereocenters. The van der Waals surface area contributed by atoms with Crippen LogP contribution in [0.25, 0.3) is 11.1 Å². The largest absolute Gasteiger partial charge is 0.206 e. The number of benzene rings is 3. The van der Waals surface area contributed by atoms with Gasteiger partial charge in [-0.05, 0) is 66.0 Å². The molecular formula is C30H35F3Si. The molecule has 1 aliphatic heterocycles. The molecule has 0 aromatic heterocycles. The standard InChI is InChI=1S/C30H35F3Si/c1-2-3-4-18-34-19-16-25(17-20-34)27-7-5-6-26(30(27)33)24-13-10-22(11-14-24)8-9-23-12-15-28(31)29(32)21-23/h5-7,10-15,21,25,34H,2-4,8-9,16-20H2,1H3. The van der Waals surface area contributed by atoms with Crippen LogP contribution in [0.15, 0.2) is 60.7 Å². The lowest BCUT2D eigenvalue weighted by Crippen LogP contribution is -2.20. The summed E-state index contributed by atoms with van der Waals surface area (Å²) >= 11 is 0. The van der Waals surface area contributed by atoms with Crippen LogP contribution in [-0.2, 0) is 12.8 Å². The number of hydrogen-bond donors (Lipinski definition) is 0. The molecule has 3 aromatic rings. The average Bonchev–Trinajstić information content (AvgIpc) is 2.86. The van der Waals surface area contributed by atoms with Gasteiger partial charge in [0, 0.05) is 14.4 Å². The molecule has 0 aliphatic carbocycles. The van der Waals surface area contributed by atoms with E-state index < -0.39 is 20.4 Å². The van der Waals surface area contributed by atoms with Crippen molar-refractivity contribution in [1.82, 2.24) is 0 Å². The second kappa shape index (κ2) is 11.9. The van der Waals surface area contributed by atoms with E-state index in [4.69, 9.17) is 0 Å². The minimum atomic E-state index is -0.820. The van der Waals surface area contributed by atoms with Crippen molar-refractivity contribution in [2.45, 2.75) is 75.9 Å². The Morgan fingerprint density at radius 3 is 2.21 bits per heavy atom. The second-order valence-electron chi connectivity index (χ2n) is 9.87. The quantitative estimate of drug-likeness (QED) is 0.212. The van der Waals surface area contributed by atoms with Gasteiger partial charge in [0.15, 0.2) is 11.6 Å². The maximum atomic E-state index is 15.6. The molecule has 34 heavy (non-hydrogen) atoms. The molecule has 3 aromatic carbocycles. The van der Waals surface area contributed by atoms with E-state index in [0.29, 0.717) is 17.9 Å². The van der Waals surface area contributed by atoms with Crippen molar-refractivity contribution in [3.05, 3.63) is 94.8 Å². The van der Waals surface area contributed by atoms with Gasteiger partial charge >= 0.3 is 0 Å². The Morgan fingerprint density at radius 1 is 0.794 bits per heavy atom. The summed E-state index contributed by atoms with van der Waals surface area (Å²) in [5.74, 6) is -1.34. The van der Waals surface area contributed by atoms with Crippen LogP contribution < -0.4 is 0 Å². The van der Waals surface area contributed by atoms with Gasteiger partial charge in [-0.3, -0.25) is 0 Å². The molecule has 180 valence electrons. The van der Waals surface area contributed by atoms with E-state index >= 15 is 4.39 Å². The fourth-order valence-electron chi connectivity index (χ4n) is 5.37. The third-order valence-corrected chi connectivity index (χ3v) is 11.0. The summed E-state index contributed by atoms with van der Waals surface area (Å²) in [4.78, 5) is 0. The number of aryl methyl sites for hydroxylation is 2. The van der Waals surface area contributed by atoms with Gasteiger partial charge in [-0.2, -0.15) is 0 Å². The highest BCUT2D eigenvalue weighted by atomic mass is 28.3. The SMILES string of the molecule is CCCCC[SiH]1CCC(c2cccc(-c3ccc(CCc4ccc(F)c(F)c4)cc3)c2F)CC1. The lowest BCUT2D eigenvalue weighted by Gasteiger charge is -2.28. The zero-order chi connectivity index (χ0) is 23.9. The predicted octanol–water partition coefficient (Wildman–Crippen LogP) is 8.85. The molecule has 1 aliphatic rings. The Hall–Kier alpha value is -2.33. The normalized spacial score (nSPS) is 18.2. The Morgan fingerprint density at radius 2 is 1.50 bits per heavy atom. The number of hydrogen-bond acceptors (Lipinski definition) is 0. The Kier molecular flexibility index (Phi) is 8.66. The maximum absolute atomic E-state index is 15.6. The lowest BCUT2D eigenvalue weighted by atomic mass is 9.90. The molecular weight excluding hydrogens is 445 g/mol. The van der Waals surface area contributed by atoms with Gasteiger partial charge in [-0.25, -0.2) is 13.2 Å². The van der Waals surface area contributed by atoms with Gasteiger partial charge in [-0.1, -0.05) is 92.8 Å². The first-order chi connectivity index (χ1) is 16.5. The molecule has 1 fully saturated rings. The van der Waals surface area contributed by atoms with Crippen LogP contribution in [0.3, 0.4) is 0 Å². The van der Waals surface area contributed by atoms with E-state index in [2.05, 4.69) is 6.92 Å². The molecule has 0 nitrogen and oxygen atoms in total. The van der Waals surface area contributed by atoms with E-state index in [9.17, 15) is 8.78 Å².